The van der Waals surface area contributed by atoms with Gasteiger partial charge in [0.15, 0.2) is 0 Å². The number of hydrogen-bond acceptors (Lipinski definition) is 1. The van der Waals surface area contributed by atoms with Crippen molar-refractivity contribution < 1.29 is 0 Å². The smallest absolute Gasteiger partial charge is 0.0800 e. The summed E-state index contributed by atoms with van der Waals surface area (Å²) in [5, 5.41) is 0. The summed E-state index contributed by atoms with van der Waals surface area (Å²) in [6, 6.07) is 0. The van der Waals surface area contributed by atoms with E-state index < -0.39 is 0 Å². The number of hydrogen-bond donors (Lipinski definition) is 1. The van der Waals surface area contributed by atoms with E-state index in [-0.39, 0.29) is 5.50 Å². The topological polar surface area (TPSA) is 26.0 Å². The number of nitrogens with two attached hydrogens (primary N) is 1. The van der Waals surface area contributed by atoms with Gasteiger partial charge in [-0.3, -0.25) is 0 Å². The van der Waals surface area contributed by atoms with Crippen molar-refractivity contribution in [2.45, 2.75) is 18.3 Å². The van der Waals surface area contributed by atoms with Crippen molar-refractivity contribution in [1.29, 1.82) is 0 Å². The zero-order valence-corrected chi connectivity index (χ0v) is 5.54. The van der Waals surface area contributed by atoms with Crippen molar-refractivity contribution in [3.05, 3.63) is 0 Å². The zero-order chi connectivity index (χ0) is 5.70. The Bertz CT molecular complexity index is 38.7. The molecule has 0 aromatic heterocycles. The van der Waals surface area contributed by atoms with E-state index in [9.17, 15) is 0 Å². The van der Waals surface area contributed by atoms with Gasteiger partial charge in [-0.05, 0) is 12.8 Å². The third-order valence-corrected chi connectivity index (χ3v) is 1.10. The average Bonchev–Trinajstić information content (AvgIpc) is 1.61. The maximum atomic E-state index is 5.38. The van der Waals surface area contributed by atoms with Crippen LogP contribution >= 0.6 is 23.2 Å². The van der Waals surface area contributed by atoms with Gasteiger partial charge in [-0.25, -0.2) is 0 Å². The molecule has 0 aliphatic heterocycles. The summed E-state index contributed by atoms with van der Waals surface area (Å²) < 4.78 is 0. The minimum absolute atomic E-state index is 0.209. The minimum Gasteiger partial charge on any atom is -0.315 e. The van der Waals surface area contributed by atoms with Crippen LogP contribution in [0.4, 0.5) is 0 Å². The quantitative estimate of drug-likeness (QED) is 0.469. The van der Waals surface area contributed by atoms with Gasteiger partial charge in [-0.1, -0.05) is 0 Å². The van der Waals surface area contributed by atoms with E-state index in [1.54, 1.807) is 0 Å². The van der Waals surface area contributed by atoms with E-state index in [1.807, 2.05) is 0 Å². The first-order valence-corrected chi connectivity index (χ1v) is 3.20. The van der Waals surface area contributed by atoms with Crippen molar-refractivity contribution in [2.75, 3.05) is 5.88 Å². The van der Waals surface area contributed by atoms with Crippen molar-refractivity contribution in [3.63, 3.8) is 0 Å². The molecule has 1 atom stereocenters. The van der Waals surface area contributed by atoms with E-state index in [0.29, 0.717) is 5.88 Å². The van der Waals surface area contributed by atoms with Crippen LogP contribution < -0.4 is 5.73 Å². The van der Waals surface area contributed by atoms with Crippen molar-refractivity contribution in [2.24, 2.45) is 5.73 Å². The Morgan fingerprint density at radius 1 is 1.57 bits per heavy atom. The summed E-state index contributed by atoms with van der Waals surface area (Å²) in [6.07, 6.45) is 1.72. The van der Waals surface area contributed by atoms with Crippen molar-refractivity contribution >= 4 is 23.2 Å². The number of rotatable bonds is 3. The molecule has 7 heavy (non-hydrogen) atoms. The summed E-state index contributed by atoms with van der Waals surface area (Å²) in [6.45, 7) is 0. The van der Waals surface area contributed by atoms with Crippen LogP contribution in [-0.4, -0.2) is 11.4 Å². The lowest BCUT2D eigenvalue weighted by Crippen LogP contribution is -2.10. The van der Waals surface area contributed by atoms with Crippen LogP contribution in [0.15, 0.2) is 0 Å². The molecule has 0 heterocycles. The Hall–Kier alpha value is 0.540. The first-order chi connectivity index (χ1) is 3.27. The van der Waals surface area contributed by atoms with E-state index in [0.717, 1.165) is 12.8 Å². The van der Waals surface area contributed by atoms with Gasteiger partial charge >= 0.3 is 0 Å². The molecule has 0 rings (SSSR count). The molecule has 0 aromatic carbocycles. The van der Waals surface area contributed by atoms with Crippen molar-refractivity contribution in [1.82, 2.24) is 0 Å². The molecule has 0 radical (unpaired) electrons. The Morgan fingerprint density at radius 3 is 2.29 bits per heavy atom. The average molecular weight is 142 g/mol. The molecule has 0 saturated carbocycles. The third-order valence-electron chi connectivity index (χ3n) is 0.614. The van der Waals surface area contributed by atoms with Gasteiger partial charge in [-0.2, -0.15) is 0 Å². The molecule has 0 spiro atoms. The highest BCUT2D eigenvalue weighted by atomic mass is 35.5. The molecule has 2 N–H and O–H groups in total. The molecular formula is C4H9Cl2N. The number of alkyl halides is 2. The molecule has 0 amide bonds. The van der Waals surface area contributed by atoms with Gasteiger partial charge in [0, 0.05) is 5.88 Å². The summed E-state index contributed by atoms with van der Waals surface area (Å²) in [5.74, 6) is 0.653. The molecule has 1 unspecified atom stereocenters. The van der Waals surface area contributed by atoms with E-state index in [4.69, 9.17) is 28.9 Å². The molecule has 0 aromatic rings. The standard InChI is InChI=1S/C4H9Cl2N/c5-3-1-2-4(6)7/h4H,1-3,7H2. The second kappa shape index (κ2) is 4.69. The lowest BCUT2D eigenvalue weighted by atomic mass is 10.3. The van der Waals surface area contributed by atoms with Crippen LogP contribution in [0.25, 0.3) is 0 Å². The molecule has 44 valence electrons. The van der Waals surface area contributed by atoms with Gasteiger partial charge < -0.3 is 5.73 Å². The Balaban J connectivity index is 2.68. The lowest BCUT2D eigenvalue weighted by molar-refractivity contribution is 0.760. The molecule has 0 saturated heterocycles. The fraction of sp³-hybridized carbons (Fsp3) is 1.00. The predicted molar refractivity (Wildman–Crippen MR) is 33.8 cm³/mol. The zero-order valence-electron chi connectivity index (χ0n) is 4.03. The van der Waals surface area contributed by atoms with Gasteiger partial charge in [0.25, 0.3) is 0 Å². The Labute approximate surface area is 53.8 Å². The highest BCUT2D eigenvalue weighted by Crippen LogP contribution is 1.98. The second-order valence-electron chi connectivity index (χ2n) is 1.35. The third kappa shape index (κ3) is 6.54. The van der Waals surface area contributed by atoms with Crippen LogP contribution in [0.3, 0.4) is 0 Å². The SMILES string of the molecule is NC(Cl)CCCCl. The summed E-state index contributed by atoms with van der Waals surface area (Å²) >= 11 is 10.7. The van der Waals surface area contributed by atoms with Crippen LogP contribution in [0, 0.1) is 0 Å². The van der Waals surface area contributed by atoms with Crippen LogP contribution in [0.5, 0.6) is 0 Å². The summed E-state index contributed by atoms with van der Waals surface area (Å²) in [7, 11) is 0. The highest BCUT2D eigenvalue weighted by Gasteiger charge is 1.92. The lowest BCUT2D eigenvalue weighted by Gasteiger charge is -1.96. The van der Waals surface area contributed by atoms with Gasteiger partial charge in [0.05, 0.1) is 5.50 Å². The number of halogens is 2. The van der Waals surface area contributed by atoms with Crippen LogP contribution in [0.2, 0.25) is 0 Å². The van der Waals surface area contributed by atoms with Gasteiger partial charge in [0.2, 0.25) is 0 Å². The van der Waals surface area contributed by atoms with E-state index in [1.165, 1.54) is 0 Å². The maximum Gasteiger partial charge on any atom is 0.0800 e. The highest BCUT2D eigenvalue weighted by molar-refractivity contribution is 6.20. The van der Waals surface area contributed by atoms with Gasteiger partial charge in [0.1, 0.15) is 0 Å². The van der Waals surface area contributed by atoms with Crippen molar-refractivity contribution in [3.8, 4) is 0 Å². The Kier molecular flexibility index (Phi) is 5.05. The molecule has 0 fully saturated rings. The van der Waals surface area contributed by atoms with E-state index in [2.05, 4.69) is 0 Å². The molecule has 3 heteroatoms. The molecule has 0 aliphatic rings. The summed E-state index contributed by atoms with van der Waals surface area (Å²) in [5.41, 5.74) is 4.98. The second-order valence-corrected chi connectivity index (χ2v) is 2.29. The minimum atomic E-state index is -0.209. The normalized spacial score (nSPS) is 14.1. The van der Waals surface area contributed by atoms with E-state index >= 15 is 0 Å². The molecule has 0 bridgehead atoms. The fourth-order valence-electron chi connectivity index (χ4n) is 0.272. The summed E-state index contributed by atoms with van der Waals surface area (Å²) in [4.78, 5) is 0. The molecular weight excluding hydrogens is 133 g/mol. The first-order valence-electron chi connectivity index (χ1n) is 2.23. The predicted octanol–water partition coefficient (Wildman–Crippen LogP) is 1.53. The fourth-order valence-corrected chi connectivity index (χ4v) is 0.581. The molecule has 0 aliphatic carbocycles. The monoisotopic (exact) mass is 141 g/mol. The first kappa shape index (κ1) is 7.54. The van der Waals surface area contributed by atoms with Crippen LogP contribution in [0.1, 0.15) is 12.8 Å². The Morgan fingerprint density at radius 2 is 2.14 bits per heavy atom. The van der Waals surface area contributed by atoms with Gasteiger partial charge in [-0.15, -0.1) is 23.2 Å². The maximum absolute atomic E-state index is 5.38. The van der Waals surface area contributed by atoms with Crippen LogP contribution in [-0.2, 0) is 0 Å². The largest absolute Gasteiger partial charge is 0.315 e. The molecule has 1 nitrogen and oxygen atoms in total.